The van der Waals surface area contributed by atoms with Gasteiger partial charge in [0.1, 0.15) is 0 Å². The van der Waals surface area contributed by atoms with Crippen molar-refractivity contribution in [2.45, 2.75) is 56.8 Å². The molecule has 32 heavy (non-hydrogen) atoms. The molecule has 170 valence electrons. The number of rotatable bonds is 8. The van der Waals surface area contributed by atoms with E-state index in [9.17, 15) is 18.0 Å². The Labute approximate surface area is 189 Å². The SMILES string of the molecule is Cc1ccc(NC(=O)C2CC2)cc1NC(=O)CCNS(=O)(=O)c1ccc2c(c1)CCCC2. The number of hydrogen-bond donors (Lipinski definition) is 3. The van der Waals surface area contributed by atoms with Crippen LogP contribution in [0.1, 0.15) is 48.8 Å². The van der Waals surface area contributed by atoms with Crippen LogP contribution in [0, 0.1) is 12.8 Å². The number of aryl methyl sites for hydroxylation is 3. The molecule has 8 heteroatoms. The van der Waals surface area contributed by atoms with Crippen molar-refractivity contribution in [3.63, 3.8) is 0 Å². The fraction of sp³-hybridized carbons (Fsp3) is 0.417. The molecule has 0 saturated heterocycles. The lowest BCUT2D eigenvalue weighted by Crippen LogP contribution is -2.28. The molecule has 1 saturated carbocycles. The minimum Gasteiger partial charge on any atom is -0.326 e. The number of fused-ring (bicyclic) bond motifs is 1. The fourth-order valence-electron chi connectivity index (χ4n) is 3.90. The summed E-state index contributed by atoms with van der Waals surface area (Å²) < 4.78 is 27.8. The van der Waals surface area contributed by atoms with Gasteiger partial charge in [-0.05, 0) is 86.4 Å². The van der Waals surface area contributed by atoms with E-state index >= 15 is 0 Å². The molecule has 0 heterocycles. The number of benzene rings is 2. The Morgan fingerprint density at radius 1 is 0.969 bits per heavy atom. The number of hydrogen-bond acceptors (Lipinski definition) is 4. The Hall–Kier alpha value is -2.71. The third-order valence-electron chi connectivity index (χ3n) is 6.00. The number of sulfonamides is 1. The first kappa shape index (κ1) is 22.5. The normalized spacial score (nSPS) is 15.7. The van der Waals surface area contributed by atoms with E-state index in [0.29, 0.717) is 11.4 Å². The van der Waals surface area contributed by atoms with Crippen LogP contribution in [0.5, 0.6) is 0 Å². The van der Waals surface area contributed by atoms with Crippen molar-refractivity contribution in [2.24, 2.45) is 5.92 Å². The molecule has 0 bridgehead atoms. The molecule has 7 nitrogen and oxygen atoms in total. The monoisotopic (exact) mass is 455 g/mol. The lowest BCUT2D eigenvalue weighted by atomic mass is 9.92. The lowest BCUT2D eigenvalue weighted by Gasteiger charge is -2.17. The van der Waals surface area contributed by atoms with E-state index in [2.05, 4.69) is 15.4 Å². The van der Waals surface area contributed by atoms with Gasteiger partial charge in [-0.3, -0.25) is 9.59 Å². The number of amides is 2. The van der Waals surface area contributed by atoms with Crippen LogP contribution in [0.3, 0.4) is 0 Å². The highest BCUT2D eigenvalue weighted by molar-refractivity contribution is 7.89. The first-order chi connectivity index (χ1) is 15.3. The van der Waals surface area contributed by atoms with Gasteiger partial charge in [-0.15, -0.1) is 0 Å². The Morgan fingerprint density at radius 2 is 1.72 bits per heavy atom. The smallest absolute Gasteiger partial charge is 0.240 e. The highest BCUT2D eigenvalue weighted by atomic mass is 32.2. The molecular formula is C24H29N3O4S. The van der Waals surface area contributed by atoms with Crippen molar-refractivity contribution >= 4 is 33.2 Å². The third kappa shape index (κ3) is 5.55. The maximum Gasteiger partial charge on any atom is 0.240 e. The maximum atomic E-state index is 12.6. The first-order valence-electron chi connectivity index (χ1n) is 11.1. The second-order valence-corrected chi connectivity index (χ2v) is 10.4. The van der Waals surface area contributed by atoms with Gasteiger partial charge < -0.3 is 10.6 Å². The van der Waals surface area contributed by atoms with Gasteiger partial charge in [0.05, 0.1) is 4.90 Å². The van der Waals surface area contributed by atoms with E-state index in [0.717, 1.165) is 49.7 Å². The van der Waals surface area contributed by atoms with Crippen molar-refractivity contribution in [1.82, 2.24) is 4.72 Å². The van der Waals surface area contributed by atoms with Crippen molar-refractivity contribution in [1.29, 1.82) is 0 Å². The summed E-state index contributed by atoms with van der Waals surface area (Å²) in [7, 11) is -3.67. The van der Waals surface area contributed by atoms with Crippen LogP contribution in [-0.2, 0) is 32.5 Å². The largest absolute Gasteiger partial charge is 0.326 e. The summed E-state index contributed by atoms with van der Waals surface area (Å²) >= 11 is 0. The van der Waals surface area contributed by atoms with Crippen molar-refractivity contribution in [2.75, 3.05) is 17.2 Å². The van der Waals surface area contributed by atoms with Crippen LogP contribution in [-0.4, -0.2) is 26.8 Å². The zero-order valence-electron chi connectivity index (χ0n) is 18.2. The molecule has 0 aromatic heterocycles. The molecule has 3 N–H and O–H groups in total. The summed E-state index contributed by atoms with van der Waals surface area (Å²) in [5.41, 5.74) is 4.41. The third-order valence-corrected chi connectivity index (χ3v) is 7.46. The van der Waals surface area contributed by atoms with Gasteiger partial charge in [0.25, 0.3) is 0 Å². The molecule has 2 aromatic carbocycles. The van der Waals surface area contributed by atoms with Crippen molar-refractivity contribution < 1.29 is 18.0 Å². The summed E-state index contributed by atoms with van der Waals surface area (Å²) in [4.78, 5) is 24.6. The highest BCUT2D eigenvalue weighted by Gasteiger charge is 2.29. The lowest BCUT2D eigenvalue weighted by molar-refractivity contribution is -0.117. The molecular weight excluding hydrogens is 426 g/mol. The predicted octanol–water partition coefficient (Wildman–Crippen LogP) is 3.53. The zero-order chi connectivity index (χ0) is 22.7. The van der Waals surface area contributed by atoms with Gasteiger partial charge in [0, 0.05) is 30.3 Å². The Kier molecular flexibility index (Phi) is 6.62. The van der Waals surface area contributed by atoms with E-state index in [1.807, 2.05) is 19.1 Å². The number of nitrogens with one attached hydrogen (secondary N) is 3. The molecule has 0 unspecified atom stereocenters. The maximum absolute atomic E-state index is 12.6. The molecule has 2 aromatic rings. The van der Waals surface area contributed by atoms with Crippen molar-refractivity contribution in [3.8, 4) is 0 Å². The first-order valence-corrected chi connectivity index (χ1v) is 12.6. The van der Waals surface area contributed by atoms with Gasteiger partial charge in [-0.2, -0.15) is 0 Å². The van der Waals surface area contributed by atoms with Crippen LogP contribution in [0.4, 0.5) is 11.4 Å². The molecule has 2 amide bonds. The second-order valence-electron chi connectivity index (χ2n) is 8.63. The average Bonchev–Trinajstić information content (AvgIpc) is 3.61. The molecule has 0 aliphatic heterocycles. The molecule has 4 rings (SSSR count). The highest BCUT2D eigenvalue weighted by Crippen LogP contribution is 2.31. The Bertz CT molecular complexity index is 1140. The Balaban J connectivity index is 1.31. The van der Waals surface area contributed by atoms with E-state index in [1.54, 1.807) is 24.3 Å². The van der Waals surface area contributed by atoms with Gasteiger partial charge in [0.2, 0.25) is 21.8 Å². The predicted molar refractivity (Wildman–Crippen MR) is 124 cm³/mol. The summed E-state index contributed by atoms with van der Waals surface area (Å²) in [6.07, 6.45) is 5.96. The van der Waals surface area contributed by atoms with Crippen LogP contribution in [0.2, 0.25) is 0 Å². The van der Waals surface area contributed by atoms with Crippen molar-refractivity contribution in [3.05, 3.63) is 53.1 Å². The molecule has 2 aliphatic rings. The summed E-state index contributed by atoms with van der Waals surface area (Å²) in [5.74, 6) is -0.202. The minimum atomic E-state index is -3.67. The van der Waals surface area contributed by atoms with Crippen LogP contribution in [0.25, 0.3) is 0 Å². The van der Waals surface area contributed by atoms with Crippen LogP contribution < -0.4 is 15.4 Å². The van der Waals surface area contributed by atoms with Gasteiger partial charge >= 0.3 is 0 Å². The quantitative estimate of drug-likeness (QED) is 0.566. The molecule has 0 spiro atoms. The average molecular weight is 456 g/mol. The number of carbonyl (C=O) groups excluding carboxylic acids is 2. The van der Waals surface area contributed by atoms with Crippen LogP contribution >= 0.6 is 0 Å². The number of anilines is 2. The summed E-state index contributed by atoms with van der Waals surface area (Å²) in [6, 6.07) is 10.6. The minimum absolute atomic E-state index is 0.00225. The zero-order valence-corrected chi connectivity index (χ0v) is 19.1. The molecule has 0 atom stereocenters. The van der Waals surface area contributed by atoms with Gasteiger partial charge in [-0.25, -0.2) is 13.1 Å². The second kappa shape index (κ2) is 9.42. The van der Waals surface area contributed by atoms with Gasteiger partial charge in [0.15, 0.2) is 0 Å². The van der Waals surface area contributed by atoms with Gasteiger partial charge in [-0.1, -0.05) is 12.1 Å². The van der Waals surface area contributed by atoms with E-state index in [4.69, 9.17) is 0 Å². The summed E-state index contributed by atoms with van der Waals surface area (Å²) in [5, 5.41) is 5.68. The fourth-order valence-corrected chi connectivity index (χ4v) is 4.98. The van der Waals surface area contributed by atoms with E-state index < -0.39 is 10.0 Å². The Morgan fingerprint density at radius 3 is 2.47 bits per heavy atom. The van der Waals surface area contributed by atoms with E-state index in [-0.39, 0.29) is 35.6 Å². The molecule has 1 fully saturated rings. The summed E-state index contributed by atoms with van der Waals surface area (Å²) in [6.45, 7) is 1.86. The molecule has 2 aliphatic carbocycles. The van der Waals surface area contributed by atoms with Crippen LogP contribution in [0.15, 0.2) is 41.3 Å². The standard InChI is InChI=1S/C24H29N3O4S/c1-16-6-10-20(26-24(29)18-7-8-18)15-22(16)27-23(28)12-13-25-32(30,31)21-11-9-17-4-2-3-5-19(17)14-21/h6,9-11,14-15,18,25H,2-5,7-8,12-13H2,1H3,(H,26,29)(H,27,28). The molecule has 0 radical (unpaired) electrons. The topological polar surface area (TPSA) is 104 Å². The number of carbonyl (C=O) groups is 2. The van der Waals surface area contributed by atoms with E-state index in [1.165, 1.54) is 5.56 Å².